The zero-order valence-corrected chi connectivity index (χ0v) is 12.7. The molecule has 0 heterocycles. The molecule has 0 saturated carbocycles. The van der Waals surface area contributed by atoms with E-state index in [9.17, 15) is 13.2 Å². The van der Waals surface area contributed by atoms with Crippen LogP contribution < -0.4 is 0 Å². The quantitative estimate of drug-likeness (QED) is 0.723. The van der Waals surface area contributed by atoms with E-state index in [1.54, 1.807) is 26.0 Å². The highest BCUT2D eigenvalue weighted by Gasteiger charge is 2.45. The molecule has 0 aliphatic rings. The minimum Gasteiger partial charge on any atom is -0.377 e. The first kappa shape index (κ1) is 17.2. The topological polar surface area (TPSA) is 27.7 Å². The SMILES string of the molecule is CO[Si](Cc1ccccc1)(OCC(F)(F)F)OC(C)C. The van der Waals surface area contributed by atoms with Crippen LogP contribution in [0.1, 0.15) is 19.4 Å². The summed E-state index contributed by atoms with van der Waals surface area (Å²) in [6, 6.07) is 9.27. The largest absolute Gasteiger partial charge is 0.505 e. The molecule has 0 radical (unpaired) electrons. The van der Waals surface area contributed by atoms with Crippen LogP contribution in [0, 0.1) is 0 Å². The van der Waals surface area contributed by atoms with Crippen molar-refractivity contribution in [3.8, 4) is 0 Å². The van der Waals surface area contributed by atoms with Crippen LogP contribution >= 0.6 is 0 Å². The molecule has 3 nitrogen and oxygen atoms in total. The molecule has 1 aromatic rings. The van der Waals surface area contributed by atoms with Crippen molar-refractivity contribution in [2.45, 2.75) is 32.2 Å². The van der Waals surface area contributed by atoms with E-state index in [0.717, 1.165) is 5.56 Å². The summed E-state index contributed by atoms with van der Waals surface area (Å²) >= 11 is 0. The third kappa shape index (κ3) is 6.04. The van der Waals surface area contributed by atoms with Gasteiger partial charge in [0, 0.05) is 19.3 Å². The number of halogens is 3. The number of benzene rings is 1. The minimum absolute atomic E-state index is 0.207. The molecule has 114 valence electrons. The zero-order valence-electron chi connectivity index (χ0n) is 11.7. The van der Waals surface area contributed by atoms with Gasteiger partial charge in [0.05, 0.1) is 0 Å². The Morgan fingerprint density at radius 3 is 2.20 bits per heavy atom. The molecule has 1 atom stereocenters. The third-order valence-corrected chi connectivity index (χ3v) is 5.32. The van der Waals surface area contributed by atoms with Crippen molar-refractivity contribution in [2.24, 2.45) is 0 Å². The van der Waals surface area contributed by atoms with Crippen LogP contribution in [0.3, 0.4) is 0 Å². The molecule has 0 aliphatic carbocycles. The molecule has 0 fully saturated rings. The Hall–Kier alpha value is -0.893. The molecule has 7 heteroatoms. The van der Waals surface area contributed by atoms with Gasteiger partial charge < -0.3 is 13.3 Å². The van der Waals surface area contributed by atoms with Gasteiger partial charge in [0.25, 0.3) is 0 Å². The fraction of sp³-hybridized carbons (Fsp3) is 0.538. The molecule has 0 aromatic heterocycles. The van der Waals surface area contributed by atoms with E-state index in [1.807, 2.05) is 18.2 Å². The Balaban J connectivity index is 2.87. The van der Waals surface area contributed by atoms with Gasteiger partial charge in [0.2, 0.25) is 0 Å². The van der Waals surface area contributed by atoms with Crippen LogP contribution in [-0.4, -0.2) is 34.8 Å². The van der Waals surface area contributed by atoms with Crippen molar-refractivity contribution in [3.63, 3.8) is 0 Å². The first-order valence-electron chi connectivity index (χ1n) is 6.24. The molecule has 0 bridgehead atoms. The molecular formula is C13H19F3O3Si. The van der Waals surface area contributed by atoms with E-state index >= 15 is 0 Å². The van der Waals surface area contributed by atoms with Gasteiger partial charge in [-0.25, -0.2) is 0 Å². The van der Waals surface area contributed by atoms with Gasteiger partial charge in [-0.15, -0.1) is 0 Å². The summed E-state index contributed by atoms with van der Waals surface area (Å²) in [5, 5.41) is 0. The lowest BCUT2D eigenvalue weighted by Gasteiger charge is -2.30. The first-order chi connectivity index (χ1) is 9.26. The lowest BCUT2D eigenvalue weighted by atomic mass is 10.2. The maximum absolute atomic E-state index is 12.4. The van der Waals surface area contributed by atoms with Crippen molar-refractivity contribution in [1.29, 1.82) is 0 Å². The second-order valence-corrected chi connectivity index (χ2v) is 7.27. The normalized spacial score (nSPS) is 15.3. The molecule has 20 heavy (non-hydrogen) atoms. The Labute approximate surface area is 118 Å². The van der Waals surface area contributed by atoms with Crippen molar-refractivity contribution in [1.82, 2.24) is 0 Å². The van der Waals surface area contributed by atoms with Crippen LogP contribution in [0.5, 0.6) is 0 Å². The summed E-state index contributed by atoms with van der Waals surface area (Å²) in [7, 11) is -2.08. The predicted octanol–water partition coefficient (Wildman–Crippen LogP) is 3.36. The fourth-order valence-electron chi connectivity index (χ4n) is 1.70. The Bertz CT molecular complexity index is 398. The van der Waals surface area contributed by atoms with Gasteiger partial charge in [0.15, 0.2) is 0 Å². The van der Waals surface area contributed by atoms with Crippen molar-refractivity contribution >= 4 is 8.80 Å². The molecule has 0 N–H and O–H groups in total. The zero-order chi connectivity index (χ0) is 15.2. The predicted molar refractivity (Wildman–Crippen MR) is 71.1 cm³/mol. The van der Waals surface area contributed by atoms with Gasteiger partial charge in [0.1, 0.15) is 6.61 Å². The molecule has 1 rings (SSSR count). The molecular weight excluding hydrogens is 289 g/mol. The highest BCUT2D eigenvalue weighted by Crippen LogP contribution is 2.23. The maximum atomic E-state index is 12.4. The van der Waals surface area contributed by atoms with Crippen LogP contribution in [0.25, 0.3) is 0 Å². The second kappa shape index (κ2) is 7.21. The van der Waals surface area contributed by atoms with E-state index in [1.165, 1.54) is 7.11 Å². The maximum Gasteiger partial charge on any atom is 0.505 e. The van der Waals surface area contributed by atoms with E-state index in [0.29, 0.717) is 0 Å². The lowest BCUT2D eigenvalue weighted by molar-refractivity contribution is -0.165. The fourth-order valence-corrected chi connectivity index (χ4v) is 4.15. The summed E-state index contributed by atoms with van der Waals surface area (Å²) in [5.74, 6) is 0. The molecule has 0 aliphatic heterocycles. The van der Waals surface area contributed by atoms with Crippen LogP contribution in [0.4, 0.5) is 13.2 Å². The summed E-state index contributed by atoms with van der Waals surface area (Å²) in [6.45, 7) is 2.11. The van der Waals surface area contributed by atoms with Gasteiger partial charge in [-0.2, -0.15) is 13.2 Å². The standard InChI is InChI=1S/C13H19F3O3Si/c1-11(2)19-20(17-3,18-10-13(14,15)16)9-12-7-5-4-6-8-12/h4-8,11H,9-10H2,1-3H3. The highest BCUT2D eigenvalue weighted by molar-refractivity contribution is 6.60. The average molecular weight is 308 g/mol. The lowest BCUT2D eigenvalue weighted by Crippen LogP contribution is -2.51. The van der Waals surface area contributed by atoms with E-state index in [4.69, 9.17) is 13.3 Å². The second-order valence-electron chi connectivity index (χ2n) is 4.62. The van der Waals surface area contributed by atoms with E-state index < -0.39 is 21.6 Å². The van der Waals surface area contributed by atoms with Gasteiger partial charge >= 0.3 is 15.0 Å². The van der Waals surface area contributed by atoms with Crippen molar-refractivity contribution < 1.29 is 26.4 Å². The van der Waals surface area contributed by atoms with Crippen molar-refractivity contribution in [2.75, 3.05) is 13.7 Å². The Morgan fingerprint density at radius 2 is 1.75 bits per heavy atom. The van der Waals surface area contributed by atoms with Crippen LogP contribution in [0.15, 0.2) is 30.3 Å². The summed E-state index contributed by atoms with van der Waals surface area (Å²) < 4.78 is 53.0. The van der Waals surface area contributed by atoms with E-state index in [2.05, 4.69) is 0 Å². The molecule has 0 saturated heterocycles. The first-order valence-corrected chi connectivity index (χ1v) is 8.17. The third-order valence-electron chi connectivity index (χ3n) is 2.45. The molecule has 0 spiro atoms. The number of alkyl halides is 3. The van der Waals surface area contributed by atoms with E-state index in [-0.39, 0.29) is 12.1 Å². The Morgan fingerprint density at radius 1 is 1.15 bits per heavy atom. The summed E-state index contributed by atoms with van der Waals surface area (Å²) in [5.41, 5.74) is 0.823. The smallest absolute Gasteiger partial charge is 0.377 e. The van der Waals surface area contributed by atoms with Gasteiger partial charge in [-0.3, -0.25) is 0 Å². The van der Waals surface area contributed by atoms with Crippen molar-refractivity contribution in [3.05, 3.63) is 35.9 Å². The Kier molecular flexibility index (Phi) is 6.19. The average Bonchev–Trinajstić information content (AvgIpc) is 2.36. The van der Waals surface area contributed by atoms with Gasteiger partial charge in [-0.05, 0) is 19.4 Å². The number of hydrogen-bond acceptors (Lipinski definition) is 3. The number of rotatable bonds is 7. The van der Waals surface area contributed by atoms with Crippen LogP contribution in [-0.2, 0) is 19.3 Å². The summed E-state index contributed by atoms with van der Waals surface area (Å²) in [6.07, 6.45) is -4.69. The minimum atomic E-state index is -4.41. The molecule has 1 aromatic carbocycles. The highest BCUT2D eigenvalue weighted by atomic mass is 28.4. The molecule has 0 amide bonds. The van der Waals surface area contributed by atoms with Gasteiger partial charge in [-0.1, -0.05) is 30.3 Å². The summed E-state index contributed by atoms with van der Waals surface area (Å²) in [4.78, 5) is 0. The monoisotopic (exact) mass is 308 g/mol. The van der Waals surface area contributed by atoms with Crippen LogP contribution in [0.2, 0.25) is 0 Å². The molecule has 1 unspecified atom stereocenters. The number of hydrogen-bond donors (Lipinski definition) is 0.